The highest BCUT2D eigenvalue weighted by Crippen LogP contribution is 2.32. The second-order valence-corrected chi connectivity index (χ2v) is 7.58. The van der Waals surface area contributed by atoms with Crippen LogP contribution in [0.15, 0.2) is 48.5 Å². The number of carbonyl (C=O) groups excluding carboxylic acids is 1. The van der Waals surface area contributed by atoms with Crippen LogP contribution >= 0.6 is 17.0 Å². The molecule has 1 aliphatic heterocycles. The van der Waals surface area contributed by atoms with Gasteiger partial charge < -0.3 is 5.32 Å². The third-order valence-corrected chi connectivity index (χ3v) is 5.66. The van der Waals surface area contributed by atoms with E-state index in [4.69, 9.17) is 0 Å². The number of hydrogen-bond donors (Lipinski definition) is 1. The summed E-state index contributed by atoms with van der Waals surface area (Å²) in [5.41, 5.74) is 2.98. The van der Waals surface area contributed by atoms with Crippen molar-refractivity contribution < 1.29 is 13.2 Å². The van der Waals surface area contributed by atoms with E-state index in [1.165, 1.54) is 11.4 Å². The van der Waals surface area contributed by atoms with Crippen LogP contribution in [0.5, 0.6) is 0 Å². The number of sulfonamides is 1. The Bertz CT molecular complexity index is 838. The van der Waals surface area contributed by atoms with E-state index < -0.39 is 10.0 Å². The van der Waals surface area contributed by atoms with Crippen molar-refractivity contribution in [2.75, 3.05) is 17.9 Å². The molecule has 128 valence electrons. The molecule has 24 heavy (non-hydrogen) atoms. The summed E-state index contributed by atoms with van der Waals surface area (Å²) in [5.74, 6) is -0.0899. The van der Waals surface area contributed by atoms with Gasteiger partial charge in [0.2, 0.25) is 10.0 Å². The van der Waals surface area contributed by atoms with Crippen LogP contribution in [0.4, 0.5) is 5.69 Å². The van der Waals surface area contributed by atoms with Gasteiger partial charge in [-0.2, -0.15) is 0 Å². The maximum atomic E-state index is 12.3. The molecular formula is C17H19BrN2O3S. The van der Waals surface area contributed by atoms with Crippen molar-refractivity contribution in [3.63, 3.8) is 0 Å². The average molecular weight is 411 g/mol. The summed E-state index contributed by atoms with van der Waals surface area (Å²) in [7, 11) is -1.74. The molecule has 2 aromatic rings. The van der Waals surface area contributed by atoms with E-state index in [-0.39, 0.29) is 35.1 Å². The Kier molecular flexibility index (Phi) is 5.79. The number of ketones is 1. The first-order valence-corrected chi connectivity index (χ1v) is 8.96. The molecule has 3 rings (SSSR count). The second-order valence-electron chi connectivity index (χ2n) is 5.58. The van der Waals surface area contributed by atoms with Crippen molar-refractivity contribution in [2.45, 2.75) is 12.3 Å². The molecule has 1 N–H and O–H groups in total. The summed E-state index contributed by atoms with van der Waals surface area (Å²) in [6.07, 6.45) is 0. The number of nitrogens with one attached hydrogen (secondary N) is 1. The van der Waals surface area contributed by atoms with Gasteiger partial charge in [0.25, 0.3) is 0 Å². The van der Waals surface area contributed by atoms with Crippen LogP contribution in [-0.4, -0.2) is 27.8 Å². The third kappa shape index (κ3) is 3.85. The van der Waals surface area contributed by atoms with Crippen molar-refractivity contribution in [3.8, 4) is 0 Å². The predicted molar refractivity (Wildman–Crippen MR) is 100 cm³/mol. The molecule has 0 aliphatic carbocycles. The van der Waals surface area contributed by atoms with E-state index in [0.717, 1.165) is 5.56 Å². The van der Waals surface area contributed by atoms with Gasteiger partial charge in [-0.25, -0.2) is 8.42 Å². The van der Waals surface area contributed by atoms with Gasteiger partial charge in [0.05, 0.1) is 18.0 Å². The van der Waals surface area contributed by atoms with Crippen molar-refractivity contribution >= 4 is 38.5 Å². The fraction of sp³-hybridized carbons (Fsp3) is 0.235. The number of benzene rings is 2. The molecule has 0 saturated heterocycles. The van der Waals surface area contributed by atoms with Gasteiger partial charge in [-0.3, -0.25) is 9.10 Å². The van der Waals surface area contributed by atoms with Crippen LogP contribution < -0.4 is 9.62 Å². The number of fused-ring (bicyclic) bond motifs is 1. The fourth-order valence-corrected chi connectivity index (χ4v) is 3.94. The van der Waals surface area contributed by atoms with Gasteiger partial charge in [0.1, 0.15) is 0 Å². The van der Waals surface area contributed by atoms with Gasteiger partial charge in [-0.15, -0.1) is 17.0 Å². The summed E-state index contributed by atoms with van der Waals surface area (Å²) in [6.45, 7) is 0.838. The van der Waals surface area contributed by atoms with Crippen LogP contribution in [0.25, 0.3) is 0 Å². The predicted octanol–water partition coefficient (Wildman–Crippen LogP) is 2.52. The van der Waals surface area contributed by atoms with E-state index in [0.29, 0.717) is 23.4 Å². The molecule has 2 aromatic carbocycles. The molecule has 0 saturated carbocycles. The Balaban J connectivity index is 0.00000208. The quantitative estimate of drug-likeness (QED) is 0.768. The Morgan fingerprint density at radius 3 is 2.58 bits per heavy atom. The monoisotopic (exact) mass is 410 g/mol. The van der Waals surface area contributed by atoms with E-state index in [9.17, 15) is 13.2 Å². The molecule has 0 unspecified atom stereocenters. The smallest absolute Gasteiger partial charge is 0.239 e. The van der Waals surface area contributed by atoms with Crippen LogP contribution in [-0.2, 0) is 22.3 Å². The fourth-order valence-electron chi connectivity index (χ4n) is 2.64. The van der Waals surface area contributed by atoms with Crippen LogP contribution in [0, 0.1) is 0 Å². The highest BCUT2D eigenvalue weighted by atomic mass is 79.9. The lowest BCUT2D eigenvalue weighted by molar-refractivity contribution is 0.0990. The number of hydrogen-bond acceptors (Lipinski definition) is 4. The largest absolute Gasteiger partial charge is 0.306 e. The Morgan fingerprint density at radius 2 is 1.88 bits per heavy atom. The normalized spacial score (nSPS) is 14.8. The topological polar surface area (TPSA) is 66.5 Å². The van der Waals surface area contributed by atoms with Crippen LogP contribution in [0.3, 0.4) is 0 Å². The minimum atomic E-state index is -3.27. The van der Waals surface area contributed by atoms with Crippen LogP contribution in [0.2, 0.25) is 0 Å². The lowest BCUT2D eigenvalue weighted by Crippen LogP contribution is -2.22. The number of Topliss-reactive ketones (excluding diaryl/α,β-unsaturated/α-hetero) is 1. The van der Waals surface area contributed by atoms with Gasteiger partial charge in [0.15, 0.2) is 5.78 Å². The number of rotatable bonds is 5. The molecule has 0 atom stereocenters. The molecule has 7 heteroatoms. The molecule has 0 radical (unpaired) electrons. The Hall–Kier alpha value is -1.70. The minimum Gasteiger partial charge on any atom is -0.306 e. The van der Waals surface area contributed by atoms with Crippen molar-refractivity contribution in [1.29, 1.82) is 0 Å². The molecule has 0 spiro atoms. The first-order valence-electron chi connectivity index (χ1n) is 7.35. The zero-order valence-corrected chi connectivity index (χ0v) is 15.8. The maximum absolute atomic E-state index is 12.3. The van der Waals surface area contributed by atoms with E-state index in [1.54, 1.807) is 18.2 Å². The van der Waals surface area contributed by atoms with Crippen molar-refractivity contribution in [2.24, 2.45) is 0 Å². The third-order valence-electron chi connectivity index (χ3n) is 3.95. The van der Waals surface area contributed by atoms with E-state index >= 15 is 0 Å². The van der Waals surface area contributed by atoms with Crippen LogP contribution in [0.1, 0.15) is 21.5 Å². The highest BCUT2D eigenvalue weighted by molar-refractivity contribution is 8.93. The maximum Gasteiger partial charge on any atom is 0.239 e. The average Bonchev–Trinajstić information content (AvgIpc) is 2.77. The lowest BCUT2D eigenvalue weighted by Gasteiger charge is -2.11. The molecule has 1 aliphatic rings. The second kappa shape index (κ2) is 7.46. The van der Waals surface area contributed by atoms with E-state index in [2.05, 4.69) is 5.32 Å². The summed E-state index contributed by atoms with van der Waals surface area (Å²) in [5, 5.41) is 3.11. The molecule has 1 heterocycles. The summed E-state index contributed by atoms with van der Waals surface area (Å²) in [6, 6.07) is 14.9. The summed E-state index contributed by atoms with van der Waals surface area (Å²) in [4.78, 5) is 12.3. The zero-order chi connectivity index (χ0) is 16.4. The zero-order valence-electron chi connectivity index (χ0n) is 13.2. The number of carbonyl (C=O) groups is 1. The van der Waals surface area contributed by atoms with Gasteiger partial charge >= 0.3 is 0 Å². The van der Waals surface area contributed by atoms with Crippen molar-refractivity contribution in [1.82, 2.24) is 5.32 Å². The van der Waals surface area contributed by atoms with Gasteiger partial charge in [0, 0.05) is 19.2 Å². The summed E-state index contributed by atoms with van der Waals surface area (Å²) >= 11 is 0. The molecular weight excluding hydrogens is 392 g/mol. The molecule has 0 aromatic heterocycles. The molecule has 5 nitrogen and oxygen atoms in total. The Morgan fingerprint density at radius 1 is 1.17 bits per heavy atom. The first kappa shape index (κ1) is 18.6. The SMILES string of the molecule is Br.CN1c2ccc(C(=O)CNCc3ccccc3)cc2CS1(=O)=O. The number of halogens is 1. The number of anilines is 1. The lowest BCUT2D eigenvalue weighted by atomic mass is 10.1. The summed E-state index contributed by atoms with van der Waals surface area (Å²) < 4.78 is 25.0. The van der Waals surface area contributed by atoms with Crippen molar-refractivity contribution in [3.05, 3.63) is 65.2 Å². The minimum absolute atomic E-state index is 0. The molecule has 0 amide bonds. The highest BCUT2D eigenvalue weighted by Gasteiger charge is 2.30. The van der Waals surface area contributed by atoms with Gasteiger partial charge in [-0.1, -0.05) is 30.3 Å². The number of nitrogens with zero attached hydrogens (tertiary/aromatic N) is 1. The van der Waals surface area contributed by atoms with E-state index in [1.807, 2.05) is 30.3 Å². The standard InChI is InChI=1S/C17H18N2O3S.BrH/c1-19-16-8-7-14(9-15(16)12-23(19,21)22)17(20)11-18-10-13-5-3-2-4-6-13;/h2-9,18H,10-12H2,1H3;1H. The van der Waals surface area contributed by atoms with Gasteiger partial charge in [-0.05, 0) is 29.3 Å². The molecule has 0 bridgehead atoms. The first-order chi connectivity index (χ1) is 11.0. The Labute approximate surface area is 152 Å². The molecule has 0 fully saturated rings.